The third kappa shape index (κ3) is 1.96. The molecule has 16 heavy (non-hydrogen) atoms. The average molecular weight is 237 g/mol. The van der Waals surface area contributed by atoms with Crippen LogP contribution in [0.2, 0.25) is 5.02 Å². The van der Waals surface area contributed by atoms with Crippen LogP contribution in [0.15, 0.2) is 23.0 Å². The number of benzene rings is 1. The molecule has 0 saturated heterocycles. The van der Waals surface area contributed by atoms with Gasteiger partial charge in [-0.1, -0.05) is 11.6 Å². The van der Waals surface area contributed by atoms with Crippen LogP contribution in [-0.4, -0.2) is 11.5 Å². The first-order chi connectivity index (χ1) is 7.61. The molecule has 0 aliphatic carbocycles. The van der Waals surface area contributed by atoms with E-state index in [1.54, 1.807) is 0 Å². The highest BCUT2D eigenvalue weighted by atomic mass is 35.5. The molecule has 1 aromatic heterocycles. The van der Waals surface area contributed by atoms with Crippen LogP contribution in [0.25, 0.3) is 10.9 Å². The molecule has 3 N–H and O–H groups in total. The molecule has 0 saturated carbocycles. The number of hydrogen-bond acceptors (Lipinski definition) is 2. The minimum absolute atomic E-state index is 0.0697. The lowest BCUT2D eigenvalue weighted by Gasteiger charge is -2.04. The van der Waals surface area contributed by atoms with Crippen molar-refractivity contribution >= 4 is 22.5 Å². The van der Waals surface area contributed by atoms with Gasteiger partial charge in [-0.25, -0.2) is 0 Å². The second-order valence-electron chi connectivity index (χ2n) is 3.85. The monoisotopic (exact) mass is 236 g/mol. The molecule has 0 fully saturated rings. The molecule has 2 aromatic rings. The highest BCUT2D eigenvalue weighted by Crippen LogP contribution is 2.21. The summed E-state index contributed by atoms with van der Waals surface area (Å²) in [5, 5.41) is 1.65. The number of aromatic nitrogens is 1. The van der Waals surface area contributed by atoms with Gasteiger partial charge in [0.1, 0.15) is 0 Å². The lowest BCUT2D eigenvalue weighted by molar-refractivity contribution is 0.949. The molecule has 0 unspecified atom stereocenters. The van der Waals surface area contributed by atoms with Crippen LogP contribution in [0.3, 0.4) is 0 Å². The van der Waals surface area contributed by atoms with Crippen molar-refractivity contribution < 1.29 is 0 Å². The highest BCUT2D eigenvalue weighted by Gasteiger charge is 2.04. The molecule has 1 heterocycles. The number of H-pyrrole nitrogens is 1. The third-order valence-electron chi connectivity index (χ3n) is 2.61. The van der Waals surface area contributed by atoms with Gasteiger partial charge in [-0.05, 0) is 49.0 Å². The quantitative estimate of drug-likeness (QED) is 0.838. The molecule has 0 amide bonds. The molecular formula is C12H13ClN2O. The van der Waals surface area contributed by atoms with E-state index >= 15 is 0 Å². The second kappa shape index (κ2) is 4.28. The van der Waals surface area contributed by atoms with E-state index < -0.39 is 0 Å². The first kappa shape index (κ1) is 11.2. The predicted molar refractivity (Wildman–Crippen MR) is 67.1 cm³/mol. The topological polar surface area (TPSA) is 58.9 Å². The van der Waals surface area contributed by atoms with Crippen LogP contribution < -0.4 is 11.3 Å². The number of nitrogens with two attached hydrogens (primary N) is 1. The number of fused-ring (bicyclic) bond motifs is 1. The summed E-state index contributed by atoms with van der Waals surface area (Å²) in [6, 6.07) is 5.60. The number of rotatable bonds is 2. The standard InChI is InChI=1S/C12H13ClN2O/c1-7-4-11-9(6-10(7)13)5-8(2-3-14)12(16)15-11/h4-6H,2-3,14H2,1H3,(H,15,16). The van der Waals surface area contributed by atoms with Crippen molar-refractivity contribution in [2.24, 2.45) is 5.73 Å². The molecule has 0 atom stereocenters. The smallest absolute Gasteiger partial charge is 0.251 e. The van der Waals surface area contributed by atoms with Crippen LogP contribution in [0.1, 0.15) is 11.1 Å². The van der Waals surface area contributed by atoms with Crippen LogP contribution in [0.5, 0.6) is 0 Å². The van der Waals surface area contributed by atoms with Crippen LogP contribution >= 0.6 is 11.6 Å². The fraction of sp³-hybridized carbons (Fsp3) is 0.250. The molecular weight excluding hydrogens is 224 g/mol. The molecule has 84 valence electrons. The summed E-state index contributed by atoms with van der Waals surface area (Å²) >= 11 is 6.04. The summed E-state index contributed by atoms with van der Waals surface area (Å²) < 4.78 is 0. The Bertz CT molecular complexity index is 589. The Hall–Kier alpha value is -1.32. The SMILES string of the molecule is Cc1cc2[nH]c(=O)c(CCN)cc2cc1Cl. The maximum Gasteiger partial charge on any atom is 0.251 e. The van der Waals surface area contributed by atoms with Crippen LogP contribution in [-0.2, 0) is 6.42 Å². The van der Waals surface area contributed by atoms with Crippen molar-refractivity contribution in [3.8, 4) is 0 Å². The first-order valence-electron chi connectivity index (χ1n) is 5.14. The fourth-order valence-corrected chi connectivity index (χ4v) is 1.89. The number of pyridine rings is 1. The van der Waals surface area contributed by atoms with Gasteiger partial charge in [-0.3, -0.25) is 4.79 Å². The zero-order valence-electron chi connectivity index (χ0n) is 9.01. The van der Waals surface area contributed by atoms with Crippen molar-refractivity contribution in [1.29, 1.82) is 0 Å². The Morgan fingerprint density at radius 3 is 2.81 bits per heavy atom. The summed E-state index contributed by atoms with van der Waals surface area (Å²) in [6.45, 7) is 2.38. The van der Waals surface area contributed by atoms with Gasteiger partial charge in [0, 0.05) is 16.1 Å². The molecule has 0 spiro atoms. The summed E-state index contributed by atoms with van der Waals surface area (Å²) in [4.78, 5) is 14.5. The van der Waals surface area contributed by atoms with Gasteiger partial charge >= 0.3 is 0 Å². The van der Waals surface area contributed by atoms with Gasteiger partial charge in [-0.2, -0.15) is 0 Å². The zero-order chi connectivity index (χ0) is 11.7. The molecule has 0 radical (unpaired) electrons. The second-order valence-corrected chi connectivity index (χ2v) is 4.26. The average Bonchev–Trinajstić information content (AvgIpc) is 2.23. The van der Waals surface area contributed by atoms with E-state index in [1.807, 2.05) is 25.1 Å². The predicted octanol–water partition coefficient (Wildman–Crippen LogP) is 1.99. The fourth-order valence-electron chi connectivity index (χ4n) is 1.72. The van der Waals surface area contributed by atoms with Gasteiger partial charge in [-0.15, -0.1) is 0 Å². The maximum absolute atomic E-state index is 11.7. The van der Waals surface area contributed by atoms with Crippen molar-refractivity contribution in [2.45, 2.75) is 13.3 Å². The minimum atomic E-state index is -0.0697. The molecule has 0 aliphatic rings. The largest absolute Gasteiger partial charge is 0.330 e. The lowest BCUT2D eigenvalue weighted by Crippen LogP contribution is -2.16. The summed E-state index contributed by atoms with van der Waals surface area (Å²) in [6.07, 6.45) is 0.580. The van der Waals surface area contributed by atoms with Crippen LogP contribution in [0.4, 0.5) is 0 Å². The van der Waals surface area contributed by atoms with Gasteiger partial charge in [0.05, 0.1) is 0 Å². The molecule has 3 nitrogen and oxygen atoms in total. The van der Waals surface area contributed by atoms with E-state index in [2.05, 4.69) is 4.98 Å². The van der Waals surface area contributed by atoms with E-state index in [4.69, 9.17) is 17.3 Å². The van der Waals surface area contributed by atoms with Gasteiger partial charge in [0.25, 0.3) is 5.56 Å². The first-order valence-corrected chi connectivity index (χ1v) is 5.51. The maximum atomic E-state index is 11.7. The highest BCUT2D eigenvalue weighted by molar-refractivity contribution is 6.32. The van der Waals surface area contributed by atoms with Crippen molar-refractivity contribution in [2.75, 3.05) is 6.54 Å². The Morgan fingerprint density at radius 2 is 2.12 bits per heavy atom. The Morgan fingerprint density at radius 1 is 1.38 bits per heavy atom. The van der Waals surface area contributed by atoms with E-state index in [9.17, 15) is 4.79 Å². The van der Waals surface area contributed by atoms with E-state index in [0.717, 1.165) is 16.5 Å². The molecule has 0 aliphatic heterocycles. The van der Waals surface area contributed by atoms with Gasteiger partial charge < -0.3 is 10.7 Å². The number of nitrogens with one attached hydrogen (secondary N) is 1. The lowest BCUT2D eigenvalue weighted by atomic mass is 10.1. The normalized spacial score (nSPS) is 10.9. The van der Waals surface area contributed by atoms with E-state index in [0.29, 0.717) is 23.6 Å². The minimum Gasteiger partial charge on any atom is -0.330 e. The third-order valence-corrected chi connectivity index (χ3v) is 3.02. The Kier molecular flexibility index (Phi) is 2.99. The van der Waals surface area contributed by atoms with E-state index in [-0.39, 0.29) is 5.56 Å². The van der Waals surface area contributed by atoms with Gasteiger partial charge in [0.15, 0.2) is 0 Å². The zero-order valence-corrected chi connectivity index (χ0v) is 9.77. The summed E-state index contributed by atoms with van der Waals surface area (Å²) in [5.41, 5.74) is 7.85. The summed E-state index contributed by atoms with van der Waals surface area (Å²) in [7, 11) is 0. The van der Waals surface area contributed by atoms with Gasteiger partial charge in [0.2, 0.25) is 0 Å². The Labute approximate surface area is 98.2 Å². The molecule has 1 aromatic carbocycles. The van der Waals surface area contributed by atoms with Crippen molar-refractivity contribution in [1.82, 2.24) is 4.98 Å². The number of hydrogen-bond donors (Lipinski definition) is 2. The summed E-state index contributed by atoms with van der Waals surface area (Å²) in [5.74, 6) is 0. The van der Waals surface area contributed by atoms with E-state index in [1.165, 1.54) is 0 Å². The van der Waals surface area contributed by atoms with Crippen LogP contribution in [0, 0.1) is 6.92 Å². The van der Waals surface area contributed by atoms with Crippen molar-refractivity contribution in [3.63, 3.8) is 0 Å². The number of aromatic amines is 1. The number of aryl methyl sites for hydroxylation is 1. The molecule has 2 rings (SSSR count). The number of halogens is 1. The molecule has 4 heteroatoms. The molecule has 0 bridgehead atoms. The Balaban J connectivity index is 2.70. The van der Waals surface area contributed by atoms with Crippen molar-refractivity contribution in [3.05, 3.63) is 44.7 Å².